The van der Waals surface area contributed by atoms with Crippen molar-refractivity contribution in [3.8, 4) is 5.75 Å². The van der Waals surface area contributed by atoms with Gasteiger partial charge in [0.2, 0.25) is 0 Å². The second-order valence-electron chi connectivity index (χ2n) is 4.95. The number of rotatable bonds is 6. The first kappa shape index (κ1) is 17.8. The number of aliphatic hydroxyl groups is 1. The predicted octanol–water partition coefficient (Wildman–Crippen LogP) is 2.17. The Balaban J connectivity index is 1.78. The Bertz CT molecular complexity index is 683. The first-order valence-corrected chi connectivity index (χ1v) is 6.94. The Labute approximate surface area is 135 Å². The maximum atomic E-state index is 12.4. The highest BCUT2D eigenvalue weighted by Gasteiger charge is 2.30. The summed E-state index contributed by atoms with van der Waals surface area (Å²) in [5.41, 5.74) is -0.670. The van der Waals surface area contributed by atoms with Gasteiger partial charge in [-0.3, -0.25) is 4.79 Å². The van der Waals surface area contributed by atoms with Crippen LogP contribution in [0.2, 0.25) is 0 Å². The van der Waals surface area contributed by atoms with Gasteiger partial charge in [-0.05, 0) is 31.2 Å². The zero-order valence-corrected chi connectivity index (χ0v) is 12.6. The van der Waals surface area contributed by atoms with Gasteiger partial charge in [0.25, 0.3) is 5.91 Å². The number of hydrogen-bond donors (Lipinski definition) is 2. The van der Waals surface area contributed by atoms with Crippen LogP contribution in [0.15, 0.2) is 35.1 Å². The number of hydrogen-bond acceptors (Lipinski definition) is 5. The molecule has 1 aromatic heterocycles. The minimum atomic E-state index is -4.42. The van der Waals surface area contributed by atoms with Gasteiger partial charge in [-0.1, -0.05) is 0 Å². The van der Waals surface area contributed by atoms with Gasteiger partial charge in [0.05, 0.1) is 5.56 Å². The number of aliphatic hydroxyl groups excluding tert-OH is 1. The van der Waals surface area contributed by atoms with E-state index in [1.54, 1.807) is 6.92 Å². The van der Waals surface area contributed by atoms with Crippen LogP contribution in [0.5, 0.6) is 5.75 Å². The third-order valence-electron chi connectivity index (χ3n) is 3.08. The van der Waals surface area contributed by atoms with Crippen LogP contribution in [0, 0.1) is 6.92 Å². The van der Waals surface area contributed by atoms with Crippen LogP contribution in [0.1, 0.15) is 21.8 Å². The number of benzene rings is 1. The van der Waals surface area contributed by atoms with Crippen LogP contribution in [-0.2, 0) is 6.18 Å². The van der Waals surface area contributed by atoms with Gasteiger partial charge in [0.1, 0.15) is 24.2 Å². The molecule has 130 valence electrons. The summed E-state index contributed by atoms with van der Waals surface area (Å²) >= 11 is 0. The molecule has 0 spiro atoms. The number of alkyl halides is 3. The zero-order valence-electron chi connectivity index (χ0n) is 12.6. The minimum absolute atomic E-state index is 0.105. The first-order chi connectivity index (χ1) is 11.3. The molecule has 1 amide bonds. The number of aromatic nitrogens is 1. The van der Waals surface area contributed by atoms with Gasteiger partial charge in [0.15, 0.2) is 12.1 Å². The van der Waals surface area contributed by atoms with Crippen LogP contribution in [0.4, 0.5) is 13.2 Å². The van der Waals surface area contributed by atoms with Crippen LogP contribution in [-0.4, -0.2) is 35.3 Å². The van der Waals surface area contributed by atoms with E-state index >= 15 is 0 Å². The van der Waals surface area contributed by atoms with Gasteiger partial charge in [-0.2, -0.15) is 13.2 Å². The van der Waals surface area contributed by atoms with E-state index in [-0.39, 0.29) is 24.6 Å². The summed E-state index contributed by atoms with van der Waals surface area (Å²) in [6.07, 6.45) is -4.32. The SMILES string of the molecule is Cc1ocnc1C(=O)NCC(O)COc1ccc(C(F)(F)F)cc1. The largest absolute Gasteiger partial charge is 0.491 e. The van der Waals surface area contributed by atoms with Gasteiger partial charge >= 0.3 is 6.18 Å². The molecule has 9 heteroatoms. The lowest BCUT2D eigenvalue weighted by Gasteiger charge is -2.13. The molecule has 0 aliphatic carbocycles. The van der Waals surface area contributed by atoms with Crippen LogP contribution in [0.3, 0.4) is 0 Å². The topological polar surface area (TPSA) is 84.6 Å². The Morgan fingerprint density at radius 2 is 2.04 bits per heavy atom. The van der Waals surface area contributed by atoms with E-state index in [0.717, 1.165) is 30.7 Å². The van der Waals surface area contributed by atoms with Crippen LogP contribution >= 0.6 is 0 Å². The molecule has 1 heterocycles. The Kier molecular flexibility index (Phi) is 5.45. The number of nitrogens with zero attached hydrogens (tertiary/aromatic N) is 1. The molecule has 6 nitrogen and oxygen atoms in total. The fourth-order valence-electron chi connectivity index (χ4n) is 1.81. The van der Waals surface area contributed by atoms with Crippen molar-refractivity contribution in [2.75, 3.05) is 13.2 Å². The molecule has 1 atom stereocenters. The molecule has 0 saturated carbocycles. The second kappa shape index (κ2) is 7.35. The Hall–Kier alpha value is -2.55. The van der Waals surface area contributed by atoms with Crippen molar-refractivity contribution < 1.29 is 32.2 Å². The minimum Gasteiger partial charge on any atom is -0.491 e. The highest BCUT2D eigenvalue weighted by molar-refractivity contribution is 5.93. The molecule has 2 rings (SSSR count). The lowest BCUT2D eigenvalue weighted by atomic mass is 10.2. The molecule has 0 fully saturated rings. The lowest BCUT2D eigenvalue weighted by molar-refractivity contribution is -0.137. The summed E-state index contributed by atoms with van der Waals surface area (Å²) in [5.74, 6) is 0.0264. The maximum Gasteiger partial charge on any atom is 0.416 e. The van der Waals surface area contributed by atoms with E-state index in [1.807, 2.05) is 0 Å². The summed E-state index contributed by atoms with van der Waals surface area (Å²) in [7, 11) is 0. The van der Waals surface area contributed by atoms with Crippen molar-refractivity contribution in [1.82, 2.24) is 10.3 Å². The van der Waals surface area contributed by atoms with E-state index in [0.29, 0.717) is 5.76 Å². The smallest absolute Gasteiger partial charge is 0.416 e. The molecule has 24 heavy (non-hydrogen) atoms. The van der Waals surface area contributed by atoms with Crippen molar-refractivity contribution >= 4 is 5.91 Å². The van der Waals surface area contributed by atoms with E-state index < -0.39 is 23.8 Å². The van der Waals surface area contributed by atoms with Gasteiger partial charge < -0.3 is 19.6 Å². The number of ether oxygens (including phenoxy) is 1. The van der Waals surface area contributed by atoms with Crippen molar-refractivity contribution in [1.29, 1.82) is 0 Å². The summed E-state index contributed by atoms with van der Waals surface area (Å²) in [6.45, 7) is 1.28. The Morgan fingerprint density at radius 3 is 2.58 bits per heavy atom. The molecular formula is C15H15F3N2O4. The quantitative estimate of drug-likeness (QED) is 0.839. The number of aryl methyl sites for hydroxylation is 1. The maximum absolute atomic E-state index is 12.4. The molecule has 1 unspecified atom stereocenters. The molecule has 0 saturated heterocycles. The third-order valence-corrected chi connectivity index (χ3v) is 3.08. The molecule has 1 aromatic carbocycles. The summed E-state index contributed by atoms with van der Waals surface area (Å²) < 4.78 is 47.3. The molecule has 0 aliphatic rings. The van der Waals surface area contributed by atoms with Crippen molar-refractivity contribution in [2.45, 2.75) is 19.2 Å². The average Bonchev–Trinajstić information content (AvgIpc) is 2.96. The molecule has 0 radical (unpaired) electrons. The fourth-order valence-corrected chi connectivity index (χ4v) is 1.81. The molecule has 2 aromatic rings. The highest BCUT2D eigenvalue weighted by Crippen LogP contribution is 2.30. The number of carbonyl (C=O) groups is 1. The summed E-state index contributed by atoms with van der Waals surface area (Å²) in [5, 5.41) is 12.2. The van der Waals surface area contributed by atoms with E-state index in [4.69, 9.17) is 9.15 Å². The molecule has 0 aliphatic heterocycles. The third kappa shape index (κ3) is 4.72. The van der Waals surface area contributed by atoms with Gasteiger partial charge in [0, 0.05) is 6.54 Å². The van der Waals surface area contributed by atoms with Gasteiger partial charge in [-0.15, -0.1) is 0 Å². The van der Waals surface area contributed by atoms with Crippen LogP contribution in [0.25, 0.3) is 0 Å². The molecular weight excluding hydrogens is 329 g/mol. The van der Waals surface area contributed by atoms with E-state index in [1.165, 1.54) is 0 Å². The van der Waals surface area contributed by atoms with Crippen LogP contribution < -0.4 is 10.1 Å². The number of oxazole rings is 1. The molecule has 0 bridgehead atoms. The summed E-state index contributed by atoms with van der Waals surface area (Å²) in [6, 6.07) is 4.09. The molecule has 2 N–H and O–H groups in total. The van der Waals surface area contributed by atoms with Gasteiger partial charge in [-0.25, -0.2) is 4.98 Å². The Morgan fingerprint density at radius 1 is 1.38 bits per heavy atom. The predicted molar refractivity (Wildman–Crippen MR) is 76.5 cm³/mol. The van der Waals surface area contributed by atoms with Crippen molar-refractivity contribution in [2.24, 2.45) is 0 Å². The normalized spacial score (nSPS) is 12.7. The monoisotopic (exact) mass is 344 g/mol. The van der Waals surface area contributed by atoms with E-state index in [9.17, 15) is 23.1 Å². The summed E-state index contributed by atoms with van der Waals surface area (Å²) in [4.78, 5) is 15.5. The standard InChI is InChI=1S/C15H15F3N2O4/c1-9-13(20-8-24-9)14(22)19-6-11(21)7-23-12-4-2-10(3-5-12)15(16,17)18/h2-5,8,11,21H,6-7H2,1H3,(H,19,22). The number of nitrogens with one attached hydrogen (secondary N) is 1. The van der Waals surface area contributed by atoms with Crippen molar-refractivity contribution in [3.05, 3.63) is 47.7 Å². The number of amides is 1. The van der Waals surface area contributed by atoms with E-state index in [2.05, 4.69) is 10.3 Å². The number of carbonyl (C=O) groups excluding carboxylic acids is 1. The second-order valence-corrected chi connectivity index (χ2v) is 4.95. The number of halogens is 3. The lowest BCUT2D eigenvalue weighted by Crippen LogP contribution is -2.35. The average molecular weight is 344 g/mol. The highest BCUT2D eigenvalue weighted by atomic mass is 19.4. The zero-order chi connectivity index (χ0) is 17.7. The fraction of sp³-hybridized carbons (Fsp3) is 0.333. The first-order valence-electron chi connectivity index (χ1n) is 6.94. The van der Waals surface area contributed by atoms with Crippen molar-refractivity contribution in [3.63, 3.8) is 0 Å².